The summed E-state index contributed by atoms with van der Waals surface area (Å²) in [6, 6.07) is 8.32. The molecular weight excluding hydrogens is 240 g/mol. The van der Waals surface area contributed by atoms with Crippen molar-refractivity contribution < 1.29 is 4.74 Å². The lowest BCUT2D eigenvalue weighted by Crippen LogP contribution is -2.29. The maximum Gasteiger partial charge on any atom is 0.257 e. The molecule has 1 fully saturated rings. The number of para-hydroxylation sites is 2. The molecule has 100 valence electrons. The summed E-state index contributed by atoms with van der Waals surface area (Å²) in [5, 5.41) is 6.79. The molecule has 1 aliphatic rings. The van der Waals surface area contributed by atoms with Gasteiger partial charge in [0.1, 0.15) is 0 Å². The summed E-state index contributed by atoms with van der Waals surface area (Å²) in [6.07, 6.45) is 2.45. The average molecular weight is 258 g/mol. The van der Waals surface area contributed by atoms with Crippen molar-refractivity contribution >= 4 is 16.9 Å². The molecule has 1 aliphatic heterocycles. The Morgan fingerprint density at radius 3 is 2.79 bits per heavy atom. The summed E-state index contributed by atoms with van der Waals surface area (Å²) in [5.74, 6) is 1.27. The Labute approximate surface area is 112 Å². The predicted molar refractivity (Wildman–Crippen MR) is 75.6 cm³/mol. The molecule has 2 heterocycles. The number of hydrogen-bond donors (Lipinski definition) is 2. The molecule has 0 spiro atoms. The van der Waals surface area contributed by atoms with E-state index in [1.54, 1.807) is 7.11 Å². The molecule has 1 aromatic heterocycles. The molecule has 0 bridgehead atoms. The van der Waals surface area contributed by atoms with Crippen LogP contribution in [0.1, 0.15) is 12.8 Å². The first-order chi connectivity index (χ1) is 9.36. The molecule has 3 rings (SSSR count). The minimum absolute atomic E-state index is 0.512. The van der Waals surface area contributed by atoms with Crippen molar-refractivity contribution in [2.45, 2.75) is 18.9 Å². The summed E-state index contributed by atoms with van der Waals surface area (Å²) in [7, 11) is 1.62. The second-order valence-corrected chi connectivity index (χ2v) is 4.74. The smallest absolute Gasteiger partial charge is 0.257 e. The number of hydrogen-bond acceptors (Lipinski definition) is 5. The van der Waals surface area contributed by atoms with Gasteiger partial charge in [0, 0.05) is 12.6 Å². The summed E-state index contributed by atoms with van der Waals surface area (Å²) in [6.45, 7) is 1.95. The highest BCUT2D eigenvalue weighted by Crippen LogP contribution is 2.23. The molecule has 19 heavy (non-hydrogen) atoms. The van der Waals surface area contributed by atoms with Gasteiger partial charge in [-0.25, -0.2) is 9.97 Å². The molecular formula is C14H18N4O. The number of nitrogens with one attached hydrogen (secondary N) is 2. The fraction of sp³-hybridized carbons (Fsp3) is 0.429. The first-order valence-electron chi connectivity index (χ1n) is 6.65. The lowest BCUT2D eigenvalue weighted by atomic mass is 10.2. The standard InChI is InChI=1S/C14H18N4O/c1-19-14-13(16-9-10-5-4-8-15-10)17-11-6-2-3-7-12(11)18-14/h2-3,6-7,10,15H,4-5,8-9H2,1H3,(H,16,17)/t10-/m1/s1. The van der Waals surface area contributed by atoms with Crippen LogP contribution in [0.3, 0.4) is 0 Å². The lowest BCUT2D eigenvalue weighted by Gasteiger charge is -2.14. The highest BCUT2D eigenvalue weighted by molar-refractivity contribution is 5.77. The molecule has 0 saturated carbocycles. The van der Waals surface area contributed by atoms with Crippen LogP contribution in [0, 0.1) is 0 Å². The second-order valence-electron chi connectivity index (χ2n) is 4.74. The van der Waals surface area contributed by atoms with E-state index in [0.29, 0.717) is 11.9 Å². The van der Waals surface area contributed by atoms with Crippen molar-refractivity contribution in [2.75, 3.05) is 25.5 Å². The number of benzene rings is 1. The molecule has 0 aliphatic carbocycles. The molecule has 2 N–H and O–H groups in total. The number of nitrogens with zero attached hydrogens (tertiary/aromatic N) is 2. The minimum atomic E-state index is 0.512. The maximum atomic E-state index is 5.31. The Hall–Kier alpha value is -1.88. The molecule has 2 aromatic rings. The van der Waals surface area contributed by atoms with Crippen LogP contribution in [0.25, 0.3) is 11.0 Å². The van der Waals surface area contributed by atoms with Crippen LogP contribution in [-0.2, 0) is 0 Å². The van der Waals surface area contributed by atoms with E-state index in [-0.39, 0.29) is 0 Å². The fourth-order valence-corrected chi connectivity index (χ4v) is 2.39. The van der Waals surface area contributed by atoms with E-state index in [2.05, 4.69) is 20.6 Å². The Balaban J connectivity index is 1.83. The van der Waals surface area contributed by atoms with E-state index >= 15 is 0 Å². The zero-order valence-electron chi connectivity index (χ0n) is 11.0. The predicted octanol–water partition coefficient (Wildman–Crippen LogP) is 1.80. The lowest BCUT2D eigenvalue weighted by molar-refractivity contribution is 0.399. The zero-order valence-corrected chi connectivity index (χ0v) is 11.0. The number of methoxy groups -OCH3 is 1. The van der Waals surface area contributed by atoms with Crippen LogP contribution in [-0.4, -0.2) is 36.2 Å². The third kappa shape index (κ3) is 2.61. The SMILES string of the molecule is COc1nc2ccccc2nc1NC[C@H]1CCCN1. The molecule has 0 unspecified atom stereocenters. The first kappa shape index (κ1) is 12.2. The van der Waals surface area contributed by atoms with E-state index in [1.807, 2.05) is 24.3 Å². The summed E-state index contributed by atoms with van der Waals surface area (Å²) in [5.41, 5.74) is 1.73. The first-order valence-corrected chi connectivity index (χ1v) is 6.65. The van der Waals surface area contributed by atoms with Gasteiger partial charge >= 0.3 is 0 Å². The minimum Gasteiger partial charge on any atom is -0.478 e. The molecule has 0 amide bonds. The summed E-state index contributed by atoms with van der Waals surface area (Å²) in [4.78, 5) is 9.05. The van der Waals surface area contributed by atoms with Gasteiger partial charge in [0.15, 0.2) is 5.82 Å². The molecule has 0 radical (unpaired) electrons. The van der Waals surface area contributed by atoms with Gasteiger partial charge in [-0.1, -0.05) is 12.1 Å². The number of aromatic nitrogens is 2. The highest BCUT2D eigenvalue weighted by atomic mass is 16.5. The van der Waals surface area contributed by atoms with Crippen molar-refractivity contribution in [3.05, 3.63) is 24.3 Å². The zero-order chi connectivity index (χ0) is 13.1. The van der Waals surface area contributed by atoms with E-state index in [9.17, 15) is 0 Å². The Morgan fingerprint density at radius 2 is 2.11 bits per heavy atom. The van der Waals surface area contributed by atoms with Crippen LogP contribution in [0.5, 0.6) is 5.88 Å². The van der Waals surface area contributed by atoms with Gasteiger partial charge in [0.2, 0.25) is 0 Å². The molecule has 1 aromatic carbocycles. The topological polar surface area (TPSA) is 59.1 Å². The van der Waals surface area contributed by atoms with Crippen LogP contribution < -0.4 is 15.4 Å². The molecule has 5 nitrogen and oxygen atoms in total. The van der Waals surface area contributed by atoms with Gasteiger partial charge in [0.05, 0.1) is 18.1 Å². The fourth-order valence-electron chi connectivity index (χ4n) is 2.39. The van der Waals surface area contributed by atoms with Crippen molar-refractivity contribution in [2.24, 2.45) is 0 Å². The van der Waals surface area contributed by atoms with Crippen LogP contribution >= 0.6 is 0 Å². The molecule has 1 saturated heterocycles. The number of fused-ring (bicyclic) bond motifs is 1. The summed E-state index contributed by atoms with van der Waals surface area (Å²) >= 11 is 0. The van der Waals surface area contributed by atoms with E-state index in [1.165, 1.54) is 12.8 Å². The molecule has 5 heteroatoms. The van der Waals surface area contributed by atoms with Gasteiger partial charge in [0.25, 0.3) is 5.88 Å². The van der Waals surface area contributed by atoms with Gasteiger partial charge in [-0.3, -0.25) is 0 Å². The second kappa shape index (κ2) is 5.40. The number of anilines is 1. The number of rotatable bonds is 4. The van der Waals surface area contributed by atoms with Crippen LogP contribution in [0.15, 0.2) is 24.3 Å². The Bertz CT molecular complexity index is 566. The van der Waals surface area contributed by atoms with Crippen molar-refractivity contribution in [1.29, 1.82) is 0 Å². The van der Waals surface area contributed by atoms with Crippen molar-refractivity contribution in [3.8, 4) is 5.88 Å². The van der Waals surface area contributed by atoms with E-state index in [4.69, 9.17) is 4.74 Å². The van der Waals surface area contributed by atoms with Crippen LogP contribution in [0.4, 0.5) is 5.82 Å². The van der Waals surface area contributed by atoms with Crippen molar-refractivity contribution in [1.82, 2.24) is 15.3 Å². The monoisotopic (exact) mass is 258 g/mol. The van der Waals surface area contributed by atoms with Crippen LogP contribution in [0.2, 0.25) is 0 Å². The third-order valence-corrected chi connectivity index (χ3v) is 3.41. The van der Waals surface area contributed by atoms with Crippen molar-refractivity contribution in [3.63, 3.8) is 0 Å². The third-order valence-electron chi connectivity index (χ3n) is 3.41. The molecule has 1 atom stereocenters. The Kier molecular flexibility index (Phi) is 3.46. The Morgan fingerprint density at radius 1 is 1.32 bits per heavy atom. The van der Waals surface area contributed by atoms with Gasteiger partial charge in [-0.15, -0.1) is 0 Å². The largest absolute Gasteiger partial charge is 0.478 e. The van der Waals surface area contributed by atoms with Gasteiger partial charge in [-0.05, 0) is 31.5 Å². The van der Waals surface area contributed by atoms with E-state index < -0.39 is 0 Å². The highest BCUT2D eigenvalue weighted by Gasteiger charge is 2.15. The summed E-state index contributed by atoms with van der Waals surface area (Å²) < 4.78 is 5.31. The average Bonchev–Trinajstić information content (AvgIpc) is 2.97. The maximum absolute atomic E-state index is 5.31. The van der Waals surface area contributed by atoms with Gasteiger partial charge in [-0.2, -0.15) is 0 Å². The van der Waals surface area contributed by atoms with E-state index in [0.717, 1.165) is 29.9 Å². The number of ether oxygens (including phenoxy) is 1. The quantitative estimate of drug-likeness (QED) is 0.875. The van der Waals surface area contributed by atoms with Gasteiger partial charge < -0.3 is 15.4 Å². The normalized spacial score (nSPS) is 18.7.